The maximum Gasteiger partial charge on any atom is 0.356 e. The molecule has 0 saturated carbocycles. The molecule has 2 aliphatic rings. The lowest BCUT2D eigenvalue weighted by atomic mass is 9.92. The van der Waals surface area contributed by atoms with Gasteiger partial charge in [0, 0.05) is 4.91 Å². The molecular formula is C23H23NO6S3. The summed E-state index contributed by atoms with van der Waals surface area (Å²) in [6, 6.07) is 18.8. The van der Waals surface area contributed by atoms with E-state index in [1.807, 2.05) is 60.7 Å². The van der Waals surface area contributed by atoms with E-state index in [-0.39, 0.29) is 11.6 Å². The summed E-state index contributed by atoms with van der Waals surface area (Å²) in [6.07, 6.45) is -0.523. The highest BCUT2D eigenvalue weighted by Crippen LogP contribution is 2.53. The van der Waals surface area contributed by atoms with Crippen LogP contribution < -0.4 is 0 Å². The van der Waals surface area contributed by atoms with Crippen LogP contribution in [0.5, 0.6) is 0 Å². The third-order valence-electron chi connectivity index (χ3n) is 5.39. The second-order valence-electron chi connectivity index (χ2n) is 7.82. The monoisotopic (exact) mass is 505 g/mol. The number of carbonyl (C=O) groups excluding carboxylic acids is 2. The number of nitrogens with zero attached hydrogens (tertiary/aromatic N) is 1. The number of β-lactam (4-membered cyclic amide) rings is 1. The zero-order valence-corrected chi connectivity index (χ0v) is 20.7. The standard InChI is InChI=1S/C23H23NO6S3/c1-14(30-33(3,27)28)18-21(25)24-19(15(2)31-32-22(18)24)23(26)29-20(16-10-6-4-7-11-16)17-12-8-5-9-13-17/h4-14,18,20,22H,1-3H3/t14-,18+,22-/m1/s1. The Labute approximate surface area is 201 Å². The van der Waals surface area contributed by atoms with Gasteiger partial charge in [-0.2, -0.15) is 8.42 Å². The Bertz CT molecular complexity index is 1140. The van der Waals surface area contributed by atoms with Gasteiger partial charge in [-0.05, 0) is 25.0 Å². The fourth-order valence-corrected chi connectivity index (χ4v) is 7.42. The second kappa shape index (κ2) is 9.54. The average Bonchev–Trinajstić information content (AvgIpc) is 2.77. The van der Waals surface area contributed by atoms with E-state index in [2.05, 4.69) is 0 Å². The lowest BCUT2D eigenvalue weighted by molar-refractivity contribution is -0.159. The van der Waals surface area contributed by atoms with Crippen molar-refractivity contribution in [1.82, 2.24) is 4.90 Å². The molecule has 3 atom stereocenters. The van der Waals surface area contributed by atoms with Crippen LogP contribution in [0, 0.1) is 5.92 Å². The van der Waals surface area contributed by atoms with Gasteiger partial charge in [0.1, 0.15) is 11.1 Å². The summed E-state index contributed by atoms with van der Waals surface area (Å²) in [7, 11) is -0.939. The quantitative estimate of drug-likeness (QED) is 0.241. The molecule has 33 heavy (non-hydrogen) atoms. The predicted molar refractivity (Wildman–Crippen MR) is 128 cm³/mol. The van der Waals surface area contributed by atoms with Crippen molar-refractivity contribution in [3.8, 4) is 0 Å². The number of hydrogen-bond acceptors (Lipinski definition) is 8. The molecule has 0 aliphatic carbocycles. The summed E-state index contributed by atoms with van der Waals surface area (Å²) in [6.45, 7) is 3.32. The van der Waals surface area contributed by atoms with Crippen molar-refractivity contribution >= 4 is 43.6 Å². The summed E-state index contributed by atoms with van der Waals surface area (Å²) >= 11 is 0. The number of benzene rings is 2. The first-order chi connectivity index (χ1) is 15.7. The Kier molecular flexibility index (Phi) is 6.90. The normalized spacial score (nSPS) is 21.5. The third kappa shape index (κ3) is 4.98. The van der Waals surface area contributed by atoms with Gasteiger partial charge in [-0.1, -0.05) is 82.3 Å². The number of fused-ring (bicyclic) bond motifs is 1. The number of allylic oxidation sites excluding steroid dienone is 1. The molecule has 174 valence electrons. The maximum atomic E-state index is 13.4. The molecular weight excluding hydrogens is 482 g/mol. The summed E-state index contributed by atoms with van der Waals surface area (Å²) in [5, 5.41) is -0.419. The van der Waals surface area contributed by atoms with Crippen LogP contribution in [-0.2, 0) is 28.6 Å². The van der Waals surface area contributed by atoms with Crippen molar-refractivity contribution in [3.05, 3.63) is 82.4 Å². The van der Waals surface area contributed by atoms with Gasteiger partial charge in [-0.25, -0.2) is 4.79 Å². The molecule has 1 saturated heterocycles. The van der Waals surface area contributed by atoms with Crippen LogP contribution in [0.25, 0.3) is 0 Å². The van der Waals surface area contributed by atoms with Gasteiger partial charge >= 0.3 is 5.97 Å². The van der Waals surface area contributed by atoms with Crippen molar-refractivity contribution in [1.29, 1.82) is 0 Å². The predicted octanol–water partition coefficient (Wildman–Crippen LogP) is 4.09. The van der Waals surface area contributed by atoms with E-state index in [4.69, 9.17) is 8.92 Å². The highest BCUT2D eigenvalue weighted by molar-refractivity contribution is 8.78. The largest absolute Gasteiger partial charge is 0.448 e. The Morgan fingerprint density at radius 1 is 1.03 bits per heavy atom. The Morgan fingerprint density at radius 2 is 1.58 bits per heavy atom. The number of hydrogen-bond donors (Lipinski definition) is 0. The van der Waals surface area contributed by atoms with Gasteiger partial charge in [0.05, 0.1) is 18.3 Å². The van der Waals surface area contributed by atoms with Crippen molar-refractivity contribution < 1.29 is 26.9 Å². The van der Waals surface area contributed by atoms with Crippen LogP contribution >= 0.6 is 21.6 Å². The fourth-order valence-electron chi connectivity index (χ4n) is 3.91. The minimum atomic E-state index is -3.71. The van der Waals surface area contributed by atoms with Crippen LogP contribution in [0.15, 0.2) is 71.3 Å². The third-order valence-corrected chi connectivity index (χ3v) is 8.91. The van der Waals surface area contributed by atoms with Crippen LogP contribution in [0.1, 0.15) is 31.1 Å². The lowest BCUT2D eigenvalue weighted by Crippen LogP contribution is -2.64. The molecule has 0 N–H and O–H groups in total. The average molecular weight is 506 g/mol. The summed E-state index contributed by atoms with van der Waals surface area (Å²) in [5.74, 6) is -1.63. The molecule has 0 spiro atoms. The Balaban J connectivity index is 1.59. The lowest BCUT2D eigenvalue weighted by Gasteiger charge is -2.50. The number of carbonyl (C=O) groups is 2. The maximum absolute atomic E-state index is 13.4. The molecule has 4 rings (SSSR count). The summed E-state index contributed by atoms with van der Waals surface area (Å²) in [5.41, 5.74) is 1.81. The van der Waals surface area contributed by atoms with Crippen LogP contribution in [-0.4, -0.2) is 42.9 Å². The second-order valence-corrected chi connectivity index (χ2v) is 12.0. The van der Waals surface area contributed by atoms with Crippen molar-refractivity contribution in [2.24, 2.45) is 5.92 Å². The summed E-state index contributed by atoms with van der Waals surface area (Å²) in [4.78, 5) is 28.4. The molecule has 0 unspecified atom stereocenters. The first kappa shape index (κ1) is 23.9. The minimum absolute atomic E-state index is 0.188. The van der Waals surface area contributed by atoms with E-state index in [1.165, 1.54) is 26.5 Å². The molecule has 10 heteroatoms. The SMILES string of the molecule is CC1=C(C(=O)OC(c2ccccc2)c2ccccc2)N2C(=O)[C@H]([C@@H](C)OS(C)(=O)=O)[C@H]2SS1. The van der Waals surface area contributed by atoms with E-state index in [0.29, 0.717) is 4.91 Å². The van der Waals surface area contributed by atoms with Gasteiger partial charge in [0.2, 0.25) is 5.91 Å². The molecule has 2 aromatic carbocycles. The Morgan fingerprint density at radius 3 is 2.09 bits per heavy atom. The molecule has 1 fully saturated rings. The van der Waals surface area contributed by atoms with Crippen molar-refractivity contribution in [2.75, 3.05) is 6.26 Å². The number of esters is 1. The molecule has 0 aromatic heterocycles. The zero-order valence-electron chi connectivity index (χ0n) is 18.2. The highest BCUT2D eigenvalue weighted by atomic mass is 33.1. The van der Waals surface area contributed by atoms with E-state index >= 15 is 0 Å². The first-order valence-corrected chi connectivity index (χ1v) is 14.3. The number of rotatable bonds is 7. The van der Waals surface area contributed by atoms with Crippen molar-refractivity contribution in [2.45, 2.75) is 31.4 Å². The van der Waals surface area contributed by atoms with Gasteiger partial charge in [0.15, 0.2) is 6.10 Å². The molecule has 0 bridgehead atoms. The minimum Gasteiger partial charge on any atom is -0.448 e. The van der Waals surface area contributed by atoms with Crippen molar-refractivity contribution in [3.63, 3.8) is 0 Å². The molecule has 2 heterocycles. The Hall–Kier alpha value is -2.27. The van der Waals surface area contributed by atoms with Gasteiger partial charge < -0.3 is 4.74 Å². The van der Waals surface area contributed by atoms with E-state index in [1.54, 1.807) is 13.8 Å². The topological polar surface area (TPSA) is 90.0 Å². The molecule has 1 amide bonds. The van der Waals surface area contributed by atoms with E-state index in [9.17, 15) is 18.0 Å². The van der Waals surface area contributed by atoms with Gasteiger partial charge in [-0.3, -0.25) is 13.9 Å². The molecule has 7 nitrogen and oxygen atoms in total. The zero-order chi connectivity index (χ0) is 23.8. The highest BCUT2D eigenvalue weighted by Gasteiger charge is 2.56. The smallest absolute Gasteiger partial charge is 0.356 e. The van der Waals surface area contributed by atoms with Gasteiger partial charge in [0.25, 0.3) is 10.1 Å². The van der Waals surface area contributed by atoms with Crippen LogP contribution in [0.3, 0.4) is 0 Å². The van der Waals surface area contributed by atoms with Crippen LogP contribution in [0.2, 0.25) is 0 Å². The molecule has 2 aromatic rings. The summed E-state index contributed by atoms with van der Waals surface area (Å²) < 4.78 is 34.1. The molecule has 0 radical (unpaired) electrons. The number of ether oxygens (including phenoxy) is 1. The van der Waals surface area contributed by atoms with E-state index in [0.717, 1.165) is 17.4 Å². The van der Waals surface area contributed by atoms with Crippen LogP contribution in [0.4, 0.5) is 0 Å². The number of amides is 1. The van der Waals surface area contributed by atoms with E-state index < -0.39 is 39.6 Å². The van der Waals surface area contributed by atoms with Gasteiger partial charge in [-0.15, -0.1) is 0 Å². The first-order valence-electron chi connectivity index (χ1n) is 10.2. The fraction of sp³-hybridized carbons (Fsp3) is 0.304. The molecule has 2 aliphatic heterocycles.